The van der Waals surface area contributed by atoms with Crippen LogP contribution in [0.2, 0.25) is 0 Å². The molecule has 0 atom stereocenters. The van der Waals surface area contributed by atoms with Crippen molar-refractivity contribution >= 4 is 11.5 Å². The van der Waals surface area contributed by atoms with Crippen LogP contribution in [0.15, 0.2) is 18.3 Å². The first-order chi connectivity index (χ1) is 9.22. The van der Waals surface area contributed by atoms with E-state index >= 15 is 0 Å². The van der Waals surface area contributed by atoms with Gasteiger partial charge in [0.15, 0.2) is 0 Å². The van der Waals surface area contributed by atoms with Gasteiger partial charge in [0, 0.05) is 25.4 Å². The van der Waals surface area contributed by atoms with Gasteiger partial charge in [-0.3, -0.25) is 10.1 Å². The number of nitro groups is 1. The molecule has 1 fully saturated rings. The quantitative estimate of drug-likeness (QED) is 0.648. The number of piperidine rings is 1. The molecule has 0 aromatic carbocycles. The Morgan fingerprint density at radius 2 is 2.26 bits per heavy atom. The summed E-state index contributed by atoms with van der Waals surface area (Å²) >= 11 is 0. The third kappa shape index (κ3) is 3.41. The minimum Gasteiger partial charge on any atom is -0.351 e. The summed E-state index contributed by atoms with van der Waals surface area (Å²) in [5.41, 5.74) is 0.108. The molecule has 2 rings (SSSR count). The van der Waals surface area contributed by atoms with Gasteiger partial charge >= 0.3 is 5.69 Å². The van der Waals surface area contributed by atoms with Crippen molar-refractivity contribution in [1.82, 2.24) is 10.3 Å². The first-order valence-corrected chi connectivity index (χ1v) is 6.71. The average Bonchev–Trinajstić information content (AvgIpc) is 2.45. The molecule has 1 N–H and O–H groups in total. The Hall–Kier alpha value is -1.69. The monoisotopic (exact) mass is 264 g/mol. The SMILES string of the molecule is CNCCC1CCN(c2ncccc2[N+](=O)[O-])CC1. The van der Waals surface area contributed by atoms with Crippen molar-refractivity contribution in [2.75, 3.05) is 31.6 Å². The molecule has 1 aromatic heterocycles. The Kier molecular flexibility index (Phi) is 4.68. The van der Waals surface area contributed by atoms with Crippen LogP contribution in [0.3, 0.4) is 0 Å². The Bertz CT molecular complexity index is 430. The standard InChI is InChI=1S/C13H20N4O2/c1-14-8-4-11-5-9-16(10-6-11)13-12(17(18)19)3-2-7-15-13/h2-3,7,11,14H,4-6,8-10H2,1H3. The molecule has 1 saturated heterocycles. The van der Waals surface area contributed by atoms with E-state index in [0.717, 1.165) is 32.5 Å². The summed E-state index contributed by atoms with van der Waals surface area (Å²) in [4.78, 5) is 16.9. The molecule has 0 unspecified atom stereocenters. The second-order valence-electron chi connectivity index (χ2n) is 4.93. The number of pyridine rings is 1. The highest BCUT2D eigenvalue weighted by molar-refractivity contribution is 5.57. The van der Waals surface area contributed by atoms with E-state index in [4.69, 9.17) is 0 Å². The molecule has 1 aliphatic heterocycles. The topological polar surface area (TPSA) is 71.3 Å². The molecule has 1 aromatic rings. The molecule has 0 amide bonds. The van der Waals surface area contributed by atoms with E-state index < -0.39 is 0 Å². The highest BCUT2D eigenvalue weighted by Gasteiger charge is 2.25. The summed E-state index contributed by atoms with van der Waals surface area (Å²) in [6.45, 7) is 2.74. The first kappa shape index (κ1) is 13.7. The molecule has 19 heavy (non-hydrogen) atoms. The van der Waals surface area contributed by atoms with Crippen LogP contribution in [0.1, 0.15) is 19.3 Å². The lowest BCUT2D eigenvalue weighted by atomic mass is 9.93. The van der Waals surface area contributed by atoms with Crippen molar-refractivity contribution in [2.45, 2.75) is 19.3 Å². The first-order valence-electron chi connectivity index (χ1n) is 6.71. The van der Waals surface area contributed by atoms with Crippen LogP contribution in [0, 0.1) is 16.0 Å². The van der Waals surface area contributed by atoms with E-state index in [1.807, 2.05) is 11.9 Å². The zero-order valence-corrected chi connectivity index (χ0v) is 11.2. The van der Waals surface area contributed by atoms with Gasteiger partial charge in [-0.1, -0.05) is 0 Å². The van der Waals surface area contributed by atoms with Gasteiger partial charge in [0.05, 0.1) is 4.92 Å². The second kappa shape index (κ2) is 6.47. The van der Waals surface area contributed by atoms with Crippen molar-refractivity contribution in [3.63, 3.8) is 0 Å². The van der Waals surface area contributed by atoms with Gasteiger partial charge in [-0.25, -0.2) is 4.98 Å². The van der Waals surface area contributed by atoms with Crippen molar-refractivity contribution in [2.24, 2.45) is 5.92 Å². The van der Waals surface area contributed by atoms with Gasteiger partial charge in [0.25, 0.3) is 0 Å². The maximum absolute atomic E-state index is 11.0. The summed E-state index contributed by atoms with van der Waals surface area (Å²) in [6, 6.07) is 3.14. The molecule has 104 valence electrons. The van der Waals surface area contributed by atoms with Crippen molar-refractivity contribution in [3.8, 4) is 0 Å². The molecule has 0 aliphatic carbocycles. The highest BCUT2D eigenvalue weighted by Crippen LogP contribution is 2.29. The van der Waals surface area contributed by atoms with Crippen molar-refractivity contribution < 1.29 is 4.92 Å². The predicted octanol–water partition coefficient (Wildman–Crippen LogP) is 1.82. The summed E-state index contributed by atoms with van der Waals surface area (Å²) in [5.74, 6) is 1.23. The molecule has 0 radical (unpaired) electrons. The fourth-order valence-corrected chi connectivity index (χ4v) is 2.56. The molecule has 2 heterocycles. The fourth-order valence-electron chi connectivity index (χ4n) is 2.56. The molecule has 1 aliphatic rings. The minimum atomic E-state index is -0.352. The van der Waals surface area contributed by atoms with E-state index in [9.17, 15) is 10.1 Å². The van der Waals surface area contributed by atoms with Gasteiger partial charge < -0.3 is 10.2 Å². The normalized spacial score (nSPS) is 16.6. The minimum absolute atomic E-state index is 0.108. The maximum Gasteiger partial charge on any atom is 0.311 e. The van der Waals surface area contributed by atoms with Gasteiger partial charge in [0.1, 0.15) is 0 Å². The summed E-state index contributed by atoms with van der Waals surface area (Å²) in [7, 11) is 1.96. The van der Waals surface area contributed by atoms with E-state index in [2.05, 4.69) is 10.3 Å². The Morgan fingerprint density at radius 3 is 2.89 bits per heavy atom. The van der Waals surface area contributed by atoms with Crippen LogP contribution in [-0.2, 0) is 0 Å². The lowest BCUT2D eigenvalue weighted by Gasteiger charge is -2.32. The smallest absolute Gasteiger partial charge is 0.311 e. The molecular weight excluding hydrogens is 244 g/mol. The van der Waals surface area contributed by atoms with Crippen molar-refractivity contribution in [3.05, 3.63) is 28.4 Å². The largest absolute Gasteiger partial charge is 0.351 e. The van der Waals surface area contributed by atoms with Crippen LogP contribution in [0.4, 0.5) is 11.5 Å². The van der Waals surface area contributed by atoms with E-state index in [1.165, 1.54) is 12.5 Å². The Balaban J connectivity index is 2.00. The van der Waals surface area contributed by atoms with E-state index in [1.54, 1.807) is 12.3 Å². The maximum atomic E-state index is 11.0. The fraction of sp³-hybridized carbons (Fsp3) is 0.615. The molecular formula is C13H20N4O2. The lowest BCUT2D eigenvalue weighted by molar-refractivity contribution is -0.384. The van der Waals surface area contributed by atoms with E-state index in [0.29, 0.717) is 11.7 Å². The number of hydrogen-bond acceptors (Lipinski definition) is 5. The number of nitrogens with zero attached hydrogens (tertiary/aromatic N) is 3. The zero-order chi connectivity index (χ0) is 13.7. The van der Waals surface area contributed by atoms with Crippen LogP contribution < -0.4 is 10.2 Å². The number of nitrogens with one attached hydrogen (secondary N) is 1. The van der Waals surface area contributed by atoms with Gasteiger partial charge in [-0.05, 0) is 44.8 Å². The predicted molar refractivity (Wildman–Crippen MR) is 74.4 cm³/mol. The molecule has 0 saturated carbocycles. The zero-order valence-electron chi connectivity index (χ0n) is 11.2. The lowest BCUT2D eigenvalue weighted by Crippen LogP contribution is -2.35. The third-order valence-electron chi connectivity index (χ3n) is 3.68. The number of rotatable bonds is 5. The van der Waals surface area contributed by atoms with Gasteiger partial charge in [0.2, 0.25) is 5.82 Å². The molecule has 6 heteroatoms. The number of hydrogen-bond donors (Lipinski definition) is 1. The molecule has 0 bridgehead atoms. The highest BCUT2D eigenvalue weighted by atomic mass is 16.6. The van der Waals surface area contributed by atoms with Crippen LogP contribution in [-0.4, -0.2) is 36.6 Å². The van der Waals surface area contributed by atoms with Crippen molar-refractivity contribution in [1.29, 1.82) is 0 Å². The van der Waals surface area contributed by atoms with Gasteiger partial charge in [-0.15, -0.1) is 0 Å². The Labute approximate surface area is 113 Å². The Morgan fingerprint density at radius 1 is 1.53 bits per heavy atom. The van der Waals surface area contributed by atoms with Crippen LogP contribution in [0.5, 0.6) is 0 Å². The summed E-state index contributed by atoms with van der Waals surface area (Å²) in [6.07, 6.45) is 4.95. The summed E-state index contributed by atoms with van der Waals surface area (Å²) < 4.78 is 0. The number of aromatic nitrogens is 1. The molecule has 0 spiro atoms. The second-order valence-corrected chi connectivity index (χ2v) is 4.93. The number of anilines is 1. The van der Waals surface area contributed by atoms with Gasteiger partial charge in [-0.2, -0.15) is 0 Å². The van der Waals surface area contributed by atoms with Crippen LogP contribution in [0.25, 0.3) is 0 Å². The van der Waals surface area contributed by atoms with E-state index in [-0.39, 0.29) is 10.6 Å². The third-order valence-corrected chi connectivity index (χ3v) is 3.68. The molecule has 6 nitrogen and oxygen atoms in total. The summed E-state index contributed by atoms with van der Waals surface area (Å²) in [5, 5.41) is 14.2. The average molecular weight is 264 g/mol. The van der Waals surface area contributed by atoms with Crippen LogP contribution >= 0.6 is 0 Å².